The first-order chi connectivity index (χ1) is 14.1. The number of anilines is 2. The maximum Gasteiger partial charge on any atom is 0.219 e. The fourth-order valence-electron chi connectivity index (χ4n) is 4.50. The Labute approximate surface area is 170 Å². The van der Waals surface area contributed by atoms with Crippen LogP contribution in [-0.4, -0.2) is 43.9 Å². The molecule has 2 aromatic heterocycles. The molecule has 2 aliphatic rings. The van der Waals surface area contributed by atoms with Gasteiger partial charge in [-0.25, -0.2) is 0 Å². The number of fused-ring (bicyclic) bond motifs is 2. The van der Waals surface area contributed by atoms with Crippen molar-refractivity contribution in [1.29, 1.82) is 0 Å². The summed E-state index contributed by atoms with van der Waals surface area (Å²) in [4.78, 5) is 16.2. The Morgan fingerprint density at radius 2 is 2.03 bits per heavy atom. The average molecular weight is 390 g/mol. The summed E-state index contributed by atoms with van der Waals surface area (Å²) >= 11 is 0. The Balaban J connectivity index is 1.53. The zero-order valence-electron chi connectivity index (χ0n) is 17.0. The van der Waals surface area contributed by atoms with E-state index in [0.29, 0.717) is 6.54 Å². The number of H-pyrrole nitrogens is 1. The van der Waals surface area contributed by atoms with Gasteiger partial charge in [-0.15, -0.1) is 0 Å². The molecule has 0 bridgehead atoms. The van der Waals surface area contributed by atoms with E-state index in [0.717, 1.165) is 61.4 Å². The Hall–Kier alpha value is -3.09. The van der Waals surface area contributed by atoms with Crippen molar-refractivity contribution >= 4 is 17.4 Å². The third-order valence-electron chi connectivity index (χ3n) is 6.10. The van der Waals surface area contributed by atoms with Crippen LogP contribution >= 0.6 is 0 Å². The highest BCUT2D eigenvalue weighted by atomic mass is 16.2. The summed E-state index contributed by atoms with van der Waals surface area (Å²) in [5.41, 5.74) is 7.24. The van der Waals surface area contributed by atoms with E-state index in [9.17, 15) is 4.79 Å². The van der Waals surface area contributed by atoms with Crippen molar-refractivity contribution < 1.29 is 4.79 Å². The lowest BCUT2D eigenvalue weighted by atomic mass is 10.0. The van der Waals surface area contributed by atoms with Crippen LogP contribution in [0, 0.1) is 0 Å². The molecule has 5 rings (SSSR count). The van der Waals surface area contributed by atoms with E-state index >= 15 is 0 Å². The molecule has 0 fully saturated rings. The van der Waals surface area contributed by atoms with Gasteiger partial charge < -0.3 is 9.80 Å². The van der Waals surface area contributed by atoms with Crippen LogP contribution in [-0.2, 0) is 31.2 Å². The van der Waals surface area contributed by atoms with Crippen LogP contribution in [0.3, 0.4) is 0 Å². The molecule has 7 heteroatoms. The van der Waals surface area contributed by atoms with Gasteiger partial charge in [0.1, 0.15) is 0 Å². The second-order valence-electron chi connectivity index (χ2n) is 8.05. The topological polar surface area (TPSA) is 70.1 Å². The first-order valence-electron chi connectivity index (χ1n) is 10.3. The molecule has 0 unspecified atom stereocenters. The van der Waals surface area contributed by atoms with E-state index in [2.05, 4.69) is 44.6 Å². The molecule has 1 aromatic carbocycles. The monoisotopic (exact) mass is 390 g/mol. The highest BCUT2D eigenvalue weighted by Crippen LogP contribution is 2.37. The molecule has 0 aliphatic carbocycles. The Morgan fingerprint density at radius 3 is 2.83 bits per heavy atom. The number of hydrogen-bond donors (Lipinski definition) is 1. The lowest BCUT2D eigenvalue weighted by molar-refractivity contribution is -0.129. The number of aromatic nitrogens is 4. The first-order valence-corrected chi connectivity index (χ1v) is 10.3. The minimum absolute atomic E-state index is 0.125. The van der Waals surface area contributed by atoms with Gasteiger partial charge in [0.2, 0.25) is 5.91 Å². The molecule has 7 nitrogen and oxygen atoms in total. The van der Waals surface area contributed by atoms with Crippen LogP contribution in [0.5, 0.6) is 0 Å². The van der Waals surface area contributed by atoms with E-state index in [1.807, 2.05) is 22.8 Å². The van der Waals surface area contributed by atoms with Crippen molar-refractivity contribution in [2.24, 2.45) is 7.05 Å². The van der Waals surface area contributed by atoms with Crippen molar-refractivity contribution in [3.63, 3.8) is 0 Å². The predicted octanol–water partition coefficient (Wildman–Crippen LogP) is 3.19. The maximum atomic E-state index is 11.9. The summed E-state index contributed by atoms with van der Waals surface area (Å²) in [6.07, 6.45) is 8.14. The van der Waals surface area contributed by atoms with Crippen LogP contribution < -0.4 is 4.90 Å². The van der Waals surface area contributed by atoms with Gasteiger partial charge in [-0.05, 0) is 42.5 Å². The highest BCUT2D eigenvalue weighted by molar-refractivity contribution is 5.76. The number of nitrogens with one attached hydrogen (secondary N) is 1. The third kappa shape index (κ3) is 3.20. The van der Waals surface area contributed by atoms with Crippen molar-refractivity contribution in [1.82, 2.24) is 24.9 Å². The summed E-state index contributed by atoms with van der Waals surface area (Å²) in [5.74, 6) is 1.10. The van der Waals surface area contributed by atoms with Gasteiger partial charge in [-0.3, -0.25) is 14.6 Å². The van der Waals surface area contributed by atoms with Crippen LogP contribution in [0.2, 0.25) is 0 Å². The second-order valence-corrected chi connectivity index (χ2v) is 8.05. The van der Waals surface area contributed by atoms with Gasteiger partial charge in [0, 0.05) is 62.2 Å². The summed E-state index contributed by atoms with van der Waals surface area (Å²) in [6.45, 7) is 3.98. The average Bonchev–Trinajstić information content (AvgIpc) is 3.28. The minimum atomic E-state index is 0.125. The number of aromatic amines is 1. The van der Waals surface area contributed by atoms with Gasteiger partial charge >= 0.3 is 0 Å². The van der Waals surface area contributed by atoms with E-state index in [4.69, 9.17) is 0 Å². The van der Waals surface area contributed by atoms with Gasteiger partial charge in [0.05, 0.1) is 12.7 Å². The third-order valence-corrected chi connectivity index (χ3v) is 6.10. The van der Waals surface area contributed by atoms with E-state index in [-0.39, 0.29) is 5.91 Å². The quantitative estimate of drug-likeness (QED) is 0.730. The van der Waals surface area contributed by atoms with Crippen LogP contribution in [0.1, 0.15) is 36.6 Å². The molecule has 150 valence electrons. The molecule has 4 heterocycles. The number of amides is 1. The normalized spacial score (nSPS) is 16.3. The largest absolute Gasteiger partial charge is 0.338 e. The summed E-state index contributed by atoms with van der Waals surface area (Å²) in [7, 11) is 1.94. The molecule has 0 spiro atoms. The number of nitrogens with zero attached hydrogens (tertiary/aromatic N) is 5. The van der Waals surface area contributed by atoms with E-state index in [1.165, 1.54) is 16.8 Å². The SMILES string of the molecule is CC(=O)N1CCc2[nH]nc(N3CCCCc4cc(-c5cnn(C)c5)ccc43)c2C1. The first kappa shape index (κ1) is 18.0. The lowest BCUT2D eigenvalue weighted by Crippen LogP contribution is -2.34. The second kappa shape index (κ2) is 7.06. The zero-order valence-corrected chi connectivity index (χ0v) is 17.0. The number of benzene rings is 1. The molecule has 0 radical (unpaired) electrons. The molecule has 0 saturated carbocycles. The molecule has 0 atom stereocenters. The summed E-state index contributed by atoms with van der Waals surface area (Å²) in [5, 5.41) is 12.2. The zero-order chi connectivity index (χ0) is 20.0. The number of hydrogen-bond acceptors (Lipinski definition) is 4. The van der Waals surface area contributed by atoms with Gasteiger partial charge in [-0.2, -0.15) is 10.2 Å². The molecule has 0 saturated heterocycles. The van der Waals surface area contributed by atoms with Gasteiger partial charge in [-0.1, -0.05) is 6.07 Å². The highest BCUT2D eigenvalue weighted by Gasteiger charge is 2.28. The van der Waals surface area contributed by atoms with Crippen molar-refractivity contribution in [2.75, 3.05) is 18.0 Å². The molecule has 3 aromatic rings. The molecule has 29 heavy (non-hydrogen) atoms. The molecule has 2 aliphatic heterocycles. The Bertz CT molecular complexity index is 1070. The van der Waals surface area contributed by atoms with Crippen LogP contribution in [0.15, 0.2) is 30.6 Å². The molecule has 1 amide bonds. The number of carbonyl (C=O) groups excluding carboxylic acids is 1. The van der Waals surface area contributed by atoms with E-state index < -0.39 is 0 Å². The van der Waals surface area contributed by atoms with Gasteiger partial charge in [0.15, 0.2) is 5.82 Å². The minimum Gasteiger partial charge on any atom is -0.338 e. The number of carbonyl (C=O) groups is 1. The van der Waals surface area contributed by atoms with E-state index in [1.54, 1.807) is 6.92 Å². The summed E-state index contributed by atoms with van der Waals surface area (Å²) in [6, 6.07) is 6.69. The maximum absolute atomic E-state index is 11.9. The van der Waals surface area contributed by atoms with Crippen LogP contribution in [0.25, 0.3) is 11.1 Å². The molecule has 1 N–H and O–H groups in total. The van der Waals surface area contributed by atoms with Crippen molar-refractivity contribution in [3.8, 4) is 11.1 Å². The number of rotatable bonds is 2. The Morgan fingerprint density at radius 1 is 1.14 bits per heavy atom. The molecular weight excluding hydrogens is 364 g/mol. The Kier molecular flexibility index (Phi) is 4.38. The smallest absolute Gasteiger partial charge is 0.219 e. The van der Waals surface area contributed by atoms with Gasteiger partial charge in [0.25, 0.3) is 0 Å². The van der Waals surface area contributed by atoms with Crippen LogP contribution in [0.4, 0.5) is 11.5 Å². The fourth-order valence-corrected chi connectivity index (χ4v) is 4.50. The predicted molar refractivity (Wildman–Crippen MR) is 112 cm³/mol. The molecular formula is C22H26N6O. The fraction of sp³-hybridized carbons (Fsp3) is 0.409. The number of aryl methyl sites for hydroxylation is 2. The lowest BCUT2D eigenvalue weighted by Gasteiger charge is -2.29. The summed E-state index contributed by atoms with van der Waals surface area (Å²) < 4.78 is 1.84. The van der Waals surface area contributed by atoms with Crippen molar-refractivity contribution in [2.45, 2.75) is 39.2 Å². The van der Waals surface area contributed by atoms with Crippen molar-refractivity contribution in [3.05, 3.63) is 47.4 Å². The standard InChI is InChI=1S/C22H26N6O/c1-15(29)27-10-8-20-19(14-27)22(25-24-20)28-9-4-3-5-17-11-16(6-7-21(17)28)18-12-23-26(2)13-18/h6-7,11-13H,3-5,8-10,14H2,1-2H3,(H,24,25).